The first-order chi connectivity index (χ1) is 15.9. The van der Waals surface area contributed by atoms with Gasteiger partial charge in [-0.05, 0) is 25.1 Å². The third kappa shape index (κ3) is 5.07. The van der Waals surface area contributed by atoms with Crippen LogP contribution in [0, 0.1) is 22.9 Å². The van der Waals surface area contributed by atoms with E-state index < -0.39 is 16.6 Å². The van der Waals surface area contributed by atoms with Gasteiger partial charge in [0.15, 0.2) is 11.0 Å². The molecule has 0 saturated carbocycles. The number of carbonyl (C=O) groups is 1. The molecule has 0 unspecified atom stereocenters. The number of aromatic nitrogens is 3. The average Bonchev–Trinajstić information content (AvgIpc) is 3.24. The van der Waals surface area contributed by atoms with Gasteiger partial charge < -0.3 is 5.32 Å². The molecule has 0 atom stereocenters. The number of rotatable bonds is 7. The number of amides is 1. The summed E-state index contributed by atoms with van der Waals surface area (Å²) in [6.07, 6.45) is 0. The highest BCUT2D eigenvalue weighted by Crippen LogP contribution is 2.28. The number of halogens is 1. The van der Waals surface area contributed by atoms with Crippen LogP contribution in [-0.4, -0.2) is 31.3 Å². The van der Waals surface area contributed by atoms with E-state index in [9.17, 15) is 19.3 Å². The molecule has 3 aromatic carbocycles. The second-order valence-electron chi connectivity index (χ2n) is 7.10. The molecule has 0 aliphatic carbocycles. The first-order valence-electron chi connectivity index (χ1n) is 9.87. The topological polar surface area (TPSA) is 103 Å². The van der Waals surface area contributed by atoms with Gasteiger partial charge in [0.05, 0.1) is 16.4 Å². The van der Waals surface area contributed by atoms with Crippen LogP contribution in [-0.2, 0) is 4.79 Å². The molecule has 0 aliphatic heterocycles. The first kappa shape index (κ1) is 22.2. The monoisotopic (exact) mass is 463 g/mol. The van der Waals surface area contributed by atoms with Crippen molar-refractivity contribution in [1.29, 1.82) is 0 Å². The first-order valence-corrected chi connectivity index (χ1v) is 10.9. The molecule has 8 nitrogen and oxygen atoms in total. The van der Waals surface area contributed by atoms with Crippen LogP contribution in [0.15, 0.2) is 78.0 Å². The summed E-state index contributed by atoms with van der Waals surface area (Å²) < 4.78 is 15.8. The Morgan fingerprint density at radius 3 is 2.52 bits per heavy atom. The second-order valence-corrected chi connectivity index (χ2v) is 8.04. The number of nitrogens with one attached hydrogen (secondary N) is 1. The maximum absolute atomic E-state index is 14.0. The smallest absolute Gasteiger partial charge is 0.271 e. The molecule has 1 N–H and O–H groups in total. The van der Waals surface area contributed by atoms with E-state index in [0.717, 1.165) is 46.8 Å². The third-order valence-electron chi connectivity index (χ3n) is 4.72. The zero-order chi connectivity index (χ0) is 23.4. The fourth-order valence-electron chi connectivity index (χ4n) is 3.10. The van der Waals surface area contributed by atoms with Crippen LogP contribution < -0.4 is 5.32 Å². The van der Waals surface area contributed by atoms with Gasteiger partial charge in [-0.25, -0.2) is 4.39 Å². The number of hydrogen-bond donors (Lipinski definition) is 1. The number of nitro benzene ring substituents is 1. The molecule has 0 spiro atoms. The minimum absolute atomic E-state index is 0.0963. The summed E-state index contributed by atoms with van der Waals surface area (Å²) in [4.78, 5) is 22.7. The molecule has 1 aromatic heterocycles. The van der Waals surface area contributed by atoms with Crippen LogP contribution in [0.1, 0.15) is 5.56 Å². The summed E-state index contributed by atoms with van der Waals surface area (Å²) in [6, 6.07) is 20.3. The molecule has 33 heavy (non-hydrogen) atoms. The number of nitrogens with zero attached hydrogens (tertiary/aromatic N) is 4. The largest absolute Gasteiger partial charge is 0.323 e. The van der Waals surface area contributed by atoms with Gasteiger partial charge in [0.25, 0.3) is 5.69 Å². The Morgan fingerprint density at radius 2 is 1.82 bits per heavy atom. The van der Waals surface area contributed by atoms with Crippen LogP contribution >= 0.6 is 11.8 Å². The summed E-state index contributed by atoms with van der Waals surface area (Å²) in [5, 5.41) is 22.4. The predicted octanol–water partition coefficient (Wildman–Crippen LogP) is 5.02. The van der Waals surface area contributed by atoms with Crippen LogP contribution in [0.5, 0.6) is 0 Å². The predicted molar refractivity (Wildman–Crippen MR) is 124 cm³/mol. The number of carbonyl (C=O) groups excluding carboxylic acids is 1. The maximum atomic E-state index is 14.0. The summed E-state index contributed by atoms with van der Waals surface area (Å²) in [7, 11) is 0. The lowest BCUT2D eigenvalue weighted by molar-refractivity contribution is -0.384. The van der Waals surface area contributed by atoms with Gasteiger partial charge in [-0.2, -0.15) is 0 Å². The standard InChI is InChI=1S/C23H18FN5O3S/c1-15-7-9-17(10-8-15)28-22(16-5-3-2-4-6-16)26-27-23(28)33-14-21(30)25-20-13-18(29(31)32)11-12-19(20)24/h2-13H,14H2,1H3,(H,25,30). The second kappa shape index (κ2) is 9.61. The van der Waals surface area contributed by atoms with Gasteiger partial charge in [0.1, 0.15) is 5.82 Å². The molecule has 1 amide bonds. The molecule has 10 heteroatoms. The van der Waals surface area contributed by atoms with E-state index in [0.29, 0.717) is 11.0 Å². The molecular formula is C23H18FN5O3S. The van der Waals surface area contributed by atoms with Gasteiger partial charge in [-0.3, -0.25) is 19.5 Å². The molecule has 0 aliphatic rings. The Bertz CT molecular complexity index is 1310. The van der Waals surface area contributed by atoms with E-state index in [2.05, 4.69) is 15.5 Å². The number of anilines is 1. The van der Waals surface area contributed by atoms with Gasteiger partial charge in [0.2, 0.25) is 5.91 Å². The van der Waals surface area contributed by atoms with Crippen molar-refractivity contribution in [3.8, 4) is 17.1 Å². The Balaban J connectivity index is 1.58. The highest BCUT2D eigenvalue weighted by Gasteiger charge is 2.18. The summed E-state index contributed by atoms with van der Waals surface area (Å²) in [5.41, 5.74) is 2.23. The van der Waals surface area contributed by atoms with Gasteiger partial charge >= 0.3 is 0 Å². The number of non-ortho nitro benzene ring substituents is 1. The lowest BCUT2D eigenvalue weighted by atomic mass is 10.2. The Morgan fingerprint density at radius 1 is 1.09 bits per heavy atom. The maximum Gasteiger partial charge on any atom is 0.271 e. The van der Waals surface area contributed by atoms with Crippen molar-refractivity contribution in [2.24, 2.45) is 0 Å². The van der Waals surface area contributed by atoms with Crippen LogP contribution in [0.3, 0.4) is 0 Å². The van der Waals surface area contributed by atoms with Crippen molar-refractivity contribution in [2.75, 3.05) is 11.1 Å². The Labute approximate surface area is 192 Å². The fourth-order valence-corrected chi connectivity index (χ4v) is 3.86. The molecule has 4 aromatic rings. The summed E-state index contributed by atoms with van der Waals surface area (Å²) >= 11 is 1.13. The highest BCUT2D eigenvalue weighted by molar-refractivity contribution is 7.99. The SMILES string of the molecule is Cc1ccc(-n2c(SCC(=O)Nc3cc([N+](=O)[O-])ccc3F)nnc2-c2ccccc2)cc1. The summed E-state index contributed by atoms with van der Waals surface area (Å²) in [6.45, 7) is 1.99. The number of nitro groups is 1. The number of benzene rings is 3. The molecule has 4 rings (SSSR count). The van der Waals surface area contributed by atoms with E-state index >= 15 is 0 Å². The fraction of sp³-hybridized carbons (Fsp3) is 0.0870. The van der Waals surface area contributed by atoms with Gasteiger partial charge in [0, 0.05) is 23.4 Å². The molecular weight excluding hydrogens is 445 g/mol. The number of aryl methyl sites for hydroxylation is 1. The van der Waals surface area contributed by atoms with Crippen molar-refractivity contribution >= 4 is 29.0 Å². The minimum Gasteiger partial charge on any atom is -0.323 e. The van der Waals surface area contributed by atoms with Gasteiger partial charge in [-0.1, -0.05) is 59.8 Å². The van der Waals surface area contributed by atoms with E-state index in [1.165, 1.54) is 0 Å². The average molecular weight is 463 g/mol. The normalized spacial score (nSPS) is 10.7. The van der Waals surface area contributed by atoms with E-state index in [1.54, 1.807) is 0 Å². The molecule has 0 saturated heterocycles. The molecule has 0 radical (unpaired) electrons. The van der Waals surface area contributed by atoms with Crippen LogP contribution in [0.4, 0.5) is 15.8 Å². The molecule has 0 fully saturated rings. The highest BCUT2D eigenvalue weighted by atomic mass is 32.2. The molecule has 0 bridgehead atoms. The minimum atomic E-state index is -0.756. The van der Waals surface area contributed by atoms with Crippen LogP contribution in [0.25, 0.3) is 17.1 Å². The summed E-state index contributed by atoms with van der Waals surface area (Å²) in [5.74, 6) is -0.764. The third-order valence-corrected chi connectivity index (χ3v) is 5.65. The zero-order valence-corrected chi connectivity index (χ0v) is 18.3. The van der Waals surface area contributed by atoms with Crippen molar-refractivity contribution in [2.45, 2.75) is 12.1 Å². The number of thioether (sulfide) groups is 1. The zero-order valence-electron chi connectivity index (χ0n) is 17.4. The van der Waals surface area contributed by atoms with E-state index in [4.69, 9.17) is 0 Å². The van der Waals surface area contributed by atoms with Crippen LogP contribution in [0.2, 0.25) is 0 Å². The quantitative estimate of drug-likeness (QED) is 0.234. The van der Waals surface area contributed by atoms with Crippen molar-refractivity contribution in [1.82, 2.24) is 14.8 Å². The lowest BCUT2D eigenvalue weighted by Gasteiger charge is -2.11. The van der Waals surface area contributed by atoms with Crippen molar-refractivity contribution < 1.29 is 14.1 Å². The van der Waals surface area contributed by atoms with Gasteiger partial charge in [-0.15, -0.1) is 10.2 Å². The van der Waals surface area contributed by atoms with Crippen molar-refractivity contribution in [3.63, 3.8) is 0 Å². The number of hydrogen-bond acceptors (Lipinski definition) is 6. The van der Waals surface area contributed by atoms with E-state index in [1.807, 2.05) is 66.1 Å². The molecule has 1 heterocycles. The Kier molecular flexibility index (Phi) is 6.45. The lowest BCUT2D eigenvalue weighted by Crippen LogP contribution is -2.15. The van der Waals surface area contributed by atoms with Crippen molar-refractivity contribution in [3.05, 3.63) is 94.3 Å². The Hall–Kier alpha value is -4.05. The molecule has 166 valence electrons. The van der Waals surface area contributed by atoms with E-state index in [-0.39, 0.29) is 17.1 Å².